The van der Waals surface area contributed by atoms with Crippen LogP contribution in [-0.2, 0) is 6.42 Å². The van der Waals surface area contributed by atoms with Gasteiger partial charge < -0.3 is 0 Å². The van der Waals surface area contributed by atoms with Gasteiger partial charge in [0.1, 0.15) is 0 Å². The molecule has 0 spiro atoms. The molecule has 5 fully saturated rings. The molecule has 0 aliphatic heterocycles. The molecule has 124 valence electrons. The van der Waals surface area contributed by atoms with Crippen molar-refractivity contribution in [3.63, 3.8) is 0 Å². The van der Waals surface area contributed by atoms with Crippen LogP contribution in [0.3, 0.4) is 0 Å². The van der Waals surface area contributed by atoms with Crippen molar-refractivity contribution in [3.8, 4) is 0 Å². The summed E-state index contributed by atoms with van der Waals surface area (Å²) in [4.78, 5) is 0. The van der Waals surface area contributed by atoms with E-state index in [9.17, 15) is 0 Å². The van der Waals surface area contributed by atoms with Crippen molar-refractivity contribution in [1.29, 1.82) is 0 Å². The zero-order chi connectivity index (χ0) is 15.4. The Hall–Kier alpha value is -1.04. The van der Waals surface area contributed by atoms with Crippen molar-refractivity contribution in [2.24, 2.45) is 65.1 Å². The van der Waals surface area contributed by atoms with Crippen LogP contribution >= 0.6 is 0 Å². The first kappa shape index (κ1) is 13.2. The average molecular weight is 316 g/mol. The van der Waals surface area contributed by atoms with E-state index in [2.05, 4.69) is 42.5 Å². The third-order valence-corrected chi connectivity index (χ3v) is 9.71. The van der Waals surface area contributed by atoms with Crippen LogP contribution < -0.4 is 0 Å². The molecule has 6 aliphatic rings. The summed E-state index contributed by atoms with van der Waals surface area (Å²) < 4.78 is 0. The molecule has 0 nitrogen and oxygen atoms in total. The highest BCUT2D eigenvalue weighted by Crippen LogP contribution is 2.76. The fourth-order valence-corrected chi connectivity index (χ4v) is 9.54. The quantitative estimate of drug-likeness (QED) is 0.519. The summed E-state index contributed by atoms with van der Waals surface area (Å²) in [6, 6.07) is 11.4. The predicted octanol–water partition coefficient (Wildman–Crippen LogP) is 5.21. The Morgan fingerprint density at radius 3 is 2.21 bits per heavy atom. The number of hydrogen-bond donors (Lipinski definition) is 0. The Kier molecular flexibility index (Phi) is 2.41. The van der Waals surface area contributed by atoms with Crippen LogP contribution in [0.4, 0.5) is 0 Å². The lowest BCUT2D eigenvalue weighted by atomic mass is 9.59. The lowest BCUT2D eigenvalue weighted by molar-refractivity contribution is 0.0294. The first-order chi connectivity index (χ1) is 11.9. The molecular weight excluding hydrogens is 288 g/mol. The van der Waals surface area contributed by atoms with Crippen LogP contribution in [0.2, 0.25) is 0 Å². The predicted molar refractivity (Wildman–Crippen MR) is 96.1 cm³/mol. The minimum absolute atomic E-state index is 0.989. The molecule has 0 heteroatoms. The minimum atomic E-state index is 0.989. The van der Waals surface area contributed by atoms with E-state index in [-0.39, 0.29) is 0 Å². The van der Waals surface area contributed by atoms with Gasteiger partial charge >= 0.3 is 0 Å². The normalized spacial score (nSPS) is 57.8. The summed E-state index contributed by atoms with van der Waals surface area (Å²) in [7, 11) is 0. The first-order valence-corrected chi connectivity index (χ1v) is 10.6. The largest absolute Gasteiger partial charge is 0.0848 e. The van der Waals surface area contributed by atoms with Crippen molar-refractivity contribution in [1.82, 2.24) is 0 Å². The molecule has 6 aliphatic carbocycles. The molecule has 0 saturated heterocycles. The first-order valence-electron chi connectivity index (χ1n) is 10.6. The van der Waals surface area contributed by atoms with E-state index in [1.807, 2.05) is 0 Å². The van der Waals surface area contributed by atoms with Gasteiger partial charge in [0, 0.05) is 0 Å². The van der Waals surface area contributed by atoms with E-state index in [0.29, 0.717) is 0 Å². The number of allylic oxidation sites excluding steroid dienone is 2. The number of hydrogen-bond acceptors (Lipinski definition) is 0. The summed E-state index contributed by atoms with van der Waals surface area (Å²) in [6.45, 7) is 0. The van der Waals surface area contributed by atoms with Gasteiger partial charge in [0.25, 0.3) is 0 Å². The lowest BCUT2D eigenvalue weighted by Crippen LogP contribution is -2.42. The maximum Gasteiger partial charge on any atom is -0.0194 e. The van der Waals surface area contributed by atoms with Gasteiger partial charge in [-0.15, -0.1) is 0 Å². The second kappa shape index (κ2) is 4.37. The molecule has 0 radical (unpaired) electrons. The van der Waals surface area contributed by atoms with Crippen LogP contribution in [0.1, 0.15) is 31.2 Å². The fourth-order valence-electron chi connectivity index (χ4n) is 9.54. The van der Waals surface area contributed by atoms with Crippen LogP contribution in [0, 0.1) is 65.1 Å². The third kappa shape index (κ3) is 1.45. The molecule has 11 unspecified atom stereocenters. The topological polar surface area (TPSA) is 0 Å². The third-order valence-electron chi connectivity index (χ3n) is 9.71. The van der Waals surface area contributed by atoms with Crippen LogP contribution in [0.25, 0.3) is 0 Å². The molecule has 0 aromatic heterocycles. The lowest BCUT2D eigenvalue weighted by Gasteiger charge is -2.46. The van der Waals surface area contributed by atoms with E-state index in [0.717, 1.165) is 65.1 Å². The molecule has 7 rings (SSSR count). The van der Waals surface area contributed by atoms with Crippen LogP contribution in [-0.4, -0.2) is 0 Å². The molecule has 24 heavy (non-hydrogen) atoms. The van der Waals surface area contributed by atoms with E-state index in [1.54, 1.807) is 24.8 Å². The second-order valence-corrected chi connectivity index (χ2v) is 10.2. The summed E-state index contributed by atoms with van der Waals surface area (Å²) in [6.07, 6.45) is 12.9. The van der Waals surface area contributed by atoms with Gasteiger partial charge in [-0.05, 0) is 103 Å². The van der Waals surface area contributed by atoms with Gasteiger partial charge in [0.05, 0.1) is 0 Å². The Morgan fingerprint density at radius 2 is 1.42 bits per heavy atom. The summed E-state index contributed by atoms with van der Waals surface area (Å²) >= 11 is 0. The number of rotatable bonds is 2. The molecule has 11 atom stereocenters. The maximum absolute atomic E-state index is 2.62. The molecule has 0 amide bonds. The molecular formula is C24H28. The van der Waals surface area contributed by atoms with Gasteiger partial charge in [0.2, 0.25) is 0 Å². The Labute approximate surface area is 145 Å². The molecule has 1 aromatic rings. The van der Waals surface area contributed by atoms with Gasteiger partial charge in [-0.3, -0.25) is 0 Å². The highest BCUT2D eigenvalue weighted by Gasteiger charge is 2.70. The van der Waals surface area contributed by atoms with Crippen molar-refractivity contribution >= 4 is 0 Å². The molecule has 1 aromatic carbocycles. The smallest absolute Gasteiger partial charge is 0.0194 e. The van der Waals surface area contributed by atoms with Crippen LogP contribution in [0.5, 0.6) is 0 Å². The average Bonchev–Trinajstić information content (AvgIpc) is 3.38. The molecule has 0 N–H and O–H groups in total. The Balaban J connectivity index is 1.20. The van der Waals surface area contributed by atoms with Crippen molar-refractivity contribution < 1.29 is 0 Å². The minimum Gasteiger partial charge on any atom is -0.0848 e. The van der Waals surface area contributed by atoms with Gasteiger partial charge in [-0.1, -0.05) is 42.5 Å². The van der Waals surface area contributed by atoms with Gasteiger partial charge in [-0.25, -0.2) is 0 Å². The zero-order valence-corrected chi connectivity index (χ0v) is 14.4. The fraction of sp³-hybridized carbons (Fsp3) is 0.667. The number of benzene rings is 1. The summed E-state index contributed by atoms with van der Waals surface area (Å²) in [5.74, 6) is 12.0. The van der Waals surface area contributed by atoms with Crippen molar-refractivity contribution in [2.75, 3.05) is 0 Å². The van der Waals surface area contributed by atoms with Crippen molar-refractivity contribution in [2.45, 2.75) is 32.1 Å². The van der Waals surface area contributed by atoms with Crippen LogP contribution in [0.15, 0.2) is 42.5 Å². The molecule has 6 bridgehead atoms. The van der Waals surface area contributed by atoms with E-state index < -0.39 is 0 Å². The standard InChI is InChI=1S/C24H28/c1-2-4-13(5-3-1)8-16-10-17-11-18(16)24-20-12-19(23(17)24)21-14-6-7-15(9-14)22(20)21/h1-7,14-24H,8-12H2. The number of fused-ring (bicyclic) bond motifs is 16. The summed E-state index contributed by atoms with van der Waals surface area (Å²) in [5, 5.41) is 0. The second-order valence-electron chi connectivity index (χ2n) is 10.2. The summed E-state index contributed by atoms with van der Waals surface area (Å²) in [5.41, 5.74) is 1.59. The van der Waals surface area contributed by atoms with E-state index >= 15 is 0 Å². The molecule has 5 saturated carbocycles. The van der Waals surface area contributed by atoms with E-state index in [4.69, 9.17) is 0 Å². The SMILES string of the molecule is C1=CC2CC1C1C3CC(C21)C1C2CC(CC2Cc2ccccc2)C31. The van der Waals surface area contributed by atoms with Crippen molar-refractivity contribution in [3.05, 3.63) is 48.0 Å². The maximum atomic E-state index is 2.62. The Morgan fingerprint density at radius 1 is 0.667 bits per heavy atom. The Bertz CT molecular complexity index is 702. The highest BCUT2D eigenvalue weighted by molar-refractivity contribution is 5.25. The monoisotopic (exact) mass is 316 g/mol. The highest BCUT2D eigenvalue weighted by atomic mass is 14.7. The van der Waals surface area contributed by atoms with Gasteiger partial charge in [0.15, 0.2) is 0 Å². The van der Waals surface area contributed by atoms with Gasteiger partial charge in [-0.2, -0.15) is 0 Å². The molecule has 0 heterocycles. The zero-order valence-electron chi connectivity index (χ0n) is 14.4. The van der Waals surface area contributed by atoms with E-state index in [1.165, 1.54) is 12.8 Å².